The number of rotatable bonds is 8. The van der Waals surface area contributed by atoms with Crippen molar-refractivity contribution in [2.75, 3.05) is 39.3 Å². The molecule has 4 nitrogen and oxygen atoms in total. The van der Waals surface area contributed by atoms with E-state index in [0.717, 1.165) is 19.6 Å². The maximum Gasteiger partial charge on any atom is 0.221 e. The number of likely N-dealkylation sites (tertiary alicyclic amines) is 1. The molecular weight excluding hydrogens is 214 g/mol. The second-order valence-corrected chi connectivity index (χ2v) is 5.02. The van der Waals surface area contributed by atoms with E-state index in [1.54, 1.807) is 0 Å². The van der Waals surface area contributed by atoms with Crippen LogP contribution in [-0.4, -0.2) is 50.1 Å². The van der Waals surface area contributed by atoms with Crippen molar-refractivity contribution in [1.29, 1.82) is 0 Å². The zero-order valence-electron chi connectivity index (χ0n) is 11.3. The first-order chi connectivity index (χ1) is 8.22. The van der Waals surface area contributed by atoms with E-state index >= 15 is 0 Å². The van der Waals surface area contributed by atoms with Crippen LogP contribution in [0.4, 0.5) is 0 Å². The lowest BCUT2D eigenvalue weighted by atomic mass is 10.1. The molecule has 1 saturated heterocycles. The van der Waals surface area contributed by atoms with Crippen LogP contribution in [0.3, 0.4) is 0 Å². The Labute approximate surface area is 105 Å². The molecule has 2 N–H and O–H groups in total. The first kappa shape index (κ1) is 14.5. The van der Waals surface area contributed by atoms with E-state index in [-0.39, 0.29) is 5.91 Å². The zero-order valence-corrected chi connectivity index (χ0v) is 11.3. The predicted octanol–water partition coefficient (Wildman–Crippen LogP) is 0.834. The molecular formula is C13H27N3O. The highest BCUT2D eigenvalue weighted by Gasteiger charge is 2.14. The van der Waals surface area contributed by atoms with Crippen LogP contribution in [0.25, 0.3) is 0 Å². The van der Waals surface area contributed by atoms with Gasteiger partial charge in [-0.2, -0.15) is 0 Å². The van der Waals surface area contributed by atoms with E-state index < -0.39 is 0 Å². The van der Waals surface area contributed by atoms with Gasteiger partial charge < -0.3 is 15.5 Å². The molecule has 0 aromatic carbocycles. The third-order valence-corrected chi connectivity index (χ3v) is 3.16. The molecule has 0 saturated carbocycles. The van der Waals surface area contributed by atoms with Gasteiger partial charge in [-0.15, -0.1) is 0 Å². The number of nitrogens with one attached hydrogen (secondary N) is 2. The first-order valence-corrected chi connectivity index (χ1v) is 6.92. The number of carbonyl (C=O) groups is 1. The number of carbonyl (C=O) groups excluding carboxylic acids is 1. The average molecular weight is 241 g/mol. The SMILES string of the molecule is CCNC(=O)CCNCC(C)CN1CCCC1. The van der Waals surface area contributed by atoms with Crippen molar-refractivity contribution in [2.24, 2.45) is 5.92 Å². The van der Waals surface area contributed by atoms with Gasteiger partial charge in [-0.05, 0) is 45.3 Å². The van der Waals surface area contributed by atoms with Crippen LogP contribution in [0.2, 0.25) is 0 Å². The minimum Gasteiger partial charge on any atom is -0.356 e. The lowest BCUT2D eigenvalue weighted by Crippen LogP contribution is -2.33. The van der Waals surface area contributed by atoms with Crippen molar-refractivity contribution in [3.05, 3.63) is 0 Å². The Morgan fingerprint density at radius 3 is 2.71 bits per heavy atom. The Balaban J connectivity index is 1.96. The summed E-state index contributed by atoms with van der Waals surface area (Å²) in [6.07, 6.45) is 3.30. The average Bonchev–Trinajstić information content (AvgIpc) is 2.77. The standard InChI is InChI=1S/C13H27N3O/c1-3-15-13(17)6-7-14-10-12(2)11-16-8-4-5-9-16/h12,14H,3-11H2,1-2H3,(H,15,17). The Bertz CT molecular complexity index is 215. The molecule has 1 amide bonds. The summed E-state index contributed by atoms with van der Waals surface area (Å²) in [5, 5.41) is 6.17. The van der Waals surface area contributed by atoms with Gasteiger partial charge in [0.1, 0.15) is 0 Å². The Kier molecular flexibility index (Phi) is 7.21. The van der Waals surface area contributed by atoms with Crippen LogP contribution in [0.15, 0.2) is 0 Å². The van der Waals surface area contributed by atoms with Gasteiger partial charge in [-0.3, -0.25) is 4.79 Å². The van der Waals surface area contributed by atoms with Crippen LogP contribution >= 0.6 is 0 Å². The van der Waals surface area contributed by atoms with Crippen LogP contribution in [-0.2, 0) is 4.79 Å². The van der Waals surface area contributed by atoms with Crippen LogP contribution in [0, 0.1) is 5.92 Å². The topological polar surface area (TPSA) is 44.4 Å². The third-order valence-electron chi connectivity index (χ3n) is 3.16. The van der Waals surface area contributed by atoms with Crippen molar-refractivity contribution < 1.29 is 4.79 Å². The highest BCUT2D eigenvalue weighted by molar-refractivity contribution is 5.75. The summed E-state index contributed by atoms with van der Waals surface area (Å²) in [5.74, 6) is 0.814. The smallest absolute Gasteiger partial charge is 0.221 e. The van der Waals surface area contributed by atoms with Crippen LogP contribution in [0.5, 0.6) is 0 Å². The minimum absolute atomic E-state index is 0.146. The maximum atomic E-state index is 11.2. The number of amides is 1. The largest absolute Gasteiger partial charge is 0.356 e. The van der Waals surface area contributed by atoms with Gasteiger partial charge in [-0.1, -0.05) is 6.92 Å². The molecule has 0 aromatic rings. The molecule has 0 aliphatic carbocycles. The second-order valence-electron chi connectivity index (χ2n) is 5.02. The Morgan fingerprint density at radius 1 is 1.35 bits per heavy atom. The van der Waals surface area contributed by atoms with Gasteiger partial charge in [0.15, 0.2) is 0 Å². The van der Waals surface area contributed by atoms with E-state index in [1.807, 2.05) is 6.92 Å². The number of hydrogen-bond acceptors (Lipinski definition) is 3. The fourth-order valence-electron chi connectivity index (χ4n) is 2.31. The first-order valence-electron chi connectivity index (χ1n) is 6.92. The van der Waals surface area contributed by atoms with E-state index in [9.17, 15) is 4.79 Å². The summed E-state index contributed by atoms with van der Waals surface area (Å²) in [6, 6.07) is 0. The summed E-state index contributed by atoms with van der Waals surface area (Å²) >= 11 is 0. The van der Waals surface area contributed by atoms with Crippen molar-refractivity contribution in [3.8, 4) is 0 Å². The molecule has 1 aliphatic rings. The van der Waals surface area contributed by atoms with Crippen molar-refractivity contribution in [2.45, 2.75) is 33.1 Å². The van der Waals surface area contributed by atoms with Crippen molar-refractivity contribution >= 4 is 5.91 Å². The number of nitrogens with zero attached hydrogens (tertiary/aromatic N) is 1. The molecule has 17 heavy (non-hydrogen) atoms. The lowest BCUT2D eigenvalue weighted by molar-refractivity contribution is -0.120. The molecule has 1 heterocycles. The molecule has 0 spiro atoms. The molecule has 0 radical (unpaired) electrons. The van der Waals surface area contributed by atoms with Gasteiger partial charge >= 0.3 is 0 Å². The summed E-state index contributed by atoms with van der Waals surface area (Å²) < 4.78 is 0. The third kappa shape index (κ3) is 6.64. The van der Waals surface area contributed by atoms with E-state index in [1.165, 1.54) is 32.5 Å². The molecule has 1 fully saturated rings. The maximum absolute atomic E-state index is 11.2. The molecule has 1 aliphatic heterocycles. The second kappa shape index (κ2) is 8.48. The normalized spacial score (nSPS) is 18.2. The van der Waals surface area contributed by atoms with E-state index in [2.05, 4.69) is 22.5 Å². The van der Waals surface area contributed by atoms with Crippen molar-refractivity contribution in [3.63, 3.8) is 0 Å². The van der Waals surface area contributed by atoms with Gasteiger partial charge in [0.05, 0.1) is 0 Å². The summed E-state index contributed by atoms with van der Waals surface area (Å²) in [6.45, 7) is 10.5. The molecule has 1 unspecified atom stereocenters. The lowest BCUT2D eigenvalue weighted by Gasteiger charge is -2.20. The molecule has 0 aromatic heterocycles. The van der Waals surface area contributed by atoms with E-state index in [4.69, 9.17) is 0 Å². The molecule has 1 atom stereocenters. The Morgan fingerprint density at radius 2 is 2.06 bits per heavy atom. The fraction of sp³-hybridized carbons (Fsp3) is 0.923. The fourth-order valence-corrected chi connectivity index (χ4v) is 2.31. The van der Waals surface area contributed by atoms with Gasteiger partial charge in [0, 0.05) is 26.1 Å². The van der Waals surface area contributed by atoms with Crippen molar-refractivity contribution in [1.82, 2.24) is 15.5 Å². The van der Waals surface area contributed by atoms with Gasteiger partial charge in [0.25, 0.3) is 0 Å². The monoisotopic (exact) mass is 241 g/mol. The van der Waals surface area contributed by atoms with Crippen LogP contribution < -0.4 is 10.6 Å². The quantitative estimate of drug-likeness (QED) is 0.619. The highest BCUT2D eigenvalue weighted by atomic mass is 16.1. The zero-order chi connectivity index (χ0) is 12.5. The van der Waals surface area contributed by atoms with Gasteiger partial charge in [0.2, 0.25) is 5.91 Å². The predicted molar refractivity (Wildman–Crippen MR) is 71.0 cm³/mol. The summed E-state index contributed by atoms with van der Waals surface area (Å²) in [4.78, 5) is 13.7. The molecule has 100 valence electrons. The molecule has 0 bridgehead atoms. The molecule has 1 rings (SSSR count). The van der Waals surface area contributed by atoms with Crippen LogP contribution in [0.1, 0.15) is 33.1 Å². The van der Waals surface area contributed by atoms with Gasteiger partial charge in [-0.25, -0.2) is 0 Å². The number of hydrogen-bond donors (Lipinski definition) is 2. The summed E-state index contributed by atoms with van der Waals surface area (Å²) in [7, 11) is 0. The van der Waals surface area contributed by atoms with E-state index in [0.29, 0.717) is 12.3 Å². The molecule has 4 heteroatoms. The summed E-state index contributed by atoms with van der Waals surface area (Å²) in [5.41, 5.74) is 0. The highest BCUT2D eigenvalue weighted by Crippen LogP contribution is 2.09. The minimum atomic E-state index is 0.146. The Hall–Kier alpha value is -0.610.